The van der Waals surface area contributed by atoms with Crippen LogP contribution in [0, 0.1) is 0 Å². The van der Waals surface area contributed by atoms with E-state index in [1.54, 1.807) is 19.4 Å². The highest BCUT2D eigenvalue weighted by Gasteiger charge is 2.23. The third kappa shape index (κ3) is 4.87. The number of hydrogen-bond donors (Lipinski definition) is 3. The van der Waals surface area contributed by atoms with Crippen LogP contribution in [-0.2, 0) is 6.42 Å². The van der Waals surface area contributed by atoms with Gasteiger partial charge in [0.05, 0.1) is 19.0 Å². The number of aromatic nitrogens is 1. The molecule has 24 heavy (non-hydrogen) atoms. The summed E-state index contributed by atoms with van der Waals surface area (Å²) in [6.07, 6.45) is 4.74. The molecule has 6 heteroatoms. The molecule has 0 saturated heterocycles. The van der Waals surface area contributed by atoms with Crippen LogP contribution >= 0.6 is 0 Å². The van der Waals surface area contributed by atoms with Gasteiger partial charge < -0.3 is 15.4 Å². The van der Waals surface area contributed by atoms with E-state index in [0.29, 0.717) is 11.9 Å². The molecule has 0 radical (unpaired) electrons. The highest BCUT2D eigenvalue weighted by atomic mass is 16.5. The monoisotopic (exact) mass is 326 g/mol. The minimum atomic E-state index is -0.191. The molecule has 3 N–H and O–H groups in total. The number of methoxy groups -OCH3 is 1. The van der Waals surface area contributed by atoms with Crippen molar-refractivity contribution in [2.75, 3.05) is 24.3 Å². The van der Waals surface area contributed by atoms with E-state index in [0.717, 1.165) is 37.2 Å². The van der Waals surface area contributed by atoms with Crippen molar-refractivity contribution >= 4 is 17.5 Å². The lowest BCUT2D eigenvalue weighted by molar-refractivity contribution is 0.251. The van der Waals surface area contributed by atoms with Gasteiger partial charge >= 0.3 is 6.03 Å². The maximum Gasteiger partial charge on any atom is 0.320 e. The van der Waals surface area contributed by atoms with Gasteiger partial charge in [0.2, 0.25) is 0 Å². The van der Waals surface area contributed by atoms with E-state index in [1.165, 1.54) is 5.56 Å². The number of anilines is 2. The van der Waals surface area contributed by atoms with Crippen LogP contribution in [0.1, 0.15) is 18.4 Å². The van der Waals surface area contributed by atoms with Crippen LogP contribution in [-0.4, -0.2) is 30.7 Å². The van der Waals surface area contributed by atoms with E-state index in [2.05, 4.69) is 27.0 Å². The van der Waals surface area contributed by atoms with Crippen molar-refractivity contribution in [2.45, 2.75) is 25.3 Å². The lowest BCUT2D eigenvalue weighted by Crippen LogP contribution is -2.30. The number of ether oxygens (including phenoxy) is 1. The number of nitrogens with one attached hydrogen (secondary N) is 3. The Morgan fingerprint density at radius 1 is 1.29 bits per heavy atom. The van der Waals surface area contributed by atoms with Gasteiger partial charge in [0.1, 0.15) is 11.6 Å². The minimum absolute atomic E-state index is 0.191. The van der Waals surface area contributed by atoms with Gasteiger partial charge in [-0.25, -0.2) is 9.78 Å². The molecule has 0 bridgehead atoms. The fourth-order valence-corrected chi connectivity index (χ4v) is 2.32. The van der Waals surface area contributed by atoms with Crippen LogP contribution < -0.4 is 20.7 Å². The molecule has 1 saturated carbocycles. The second kappa shape index (κ2) is 7.68. The van der Waals surface area contributed by atoms with Crippen LogP contribution in [0.4, 0.5) is 16.3 Å². The van der Waals surface area contributed by atoms with Crippen LogP contribution in [0.2, 0.25) is 0 Å². The zero-order valence-electron chi connectivity index (χ0n) is 13.7. The van der Waals surface area contributed by atoms with Crippen LogP contribution in [0.25, 0.3) is 0 Å². The molecule has 1 aromatic carbocycles. The van der Waals surface area contributed by atoms with Crippen molar-refractivity contribution in [3.8, 4) is 5.75 Å². The lowest BCUT2D eigenvalue weighted by atomic mass is 10.1. The van der Waals surface area contributed by atoms with E-state index in [9.17, 15) is 4.79 Å². The smallest absolute Gasteiger partial charge is 0.320 e. The predicted molar refractivity (Wildman–Crippen MR) is 94.6 cm³/mol. The molecule has 0 unspecified atom stereocenters. The fourth-order valence-electron chi connectivity index (χ4n) is 2.32. The van der Waals surface area contributed by atoms with E-state index >= 15 is 0 Å². The van der Waals surface area contributed by atoms with E-state index in [1.807, 2.05) is 24.3 Å². The first kappa shape index (κ1) is 16.1. The van der Waals surface area contributed by atoms with Gasteiger partial charge in [-0.05, 0) is 49.1 Å². The van der Waals surface area contributed by atoms with E-state index < -0.39 is 0 Å². The Kier molecular flexibility index (Phi) is 5.15. The Hall–Kier alpha value is -2.76. The molecule has 0 spiro atoms. The van der Waals surface area contributed by atoms with Gasteiger partial charge in [0.15, 0.2) is 0 Å². The quantitative estimate of drug-likeness (QED) is 0.731. The summed E-state index contributed by atoms with van der Waals surface area (Å²) in [6.45, 7) is 0.795. The maximum atomic E-state index is 11.6. The summed E-state index contributed by atoms with van der Waals surface area (Å²) in [7, 11) is 1.67. The number of carbonyl (C=O) groups is 1. The van der Waals surface area contributed by atoms with Crippen molar-refractivity contribution in [2.24, 2.45) is 0 Å². The Bertz CT molecular complexity index is 684. The number of urea groups is 1. The second-order valence-corrected chi connectivity index (χ2v) is 5.83. The summed E-state index contributed by atoms with van der Waals surface area (Å²) in [6, 6.07) is 11.9. The van der Waals surface area contributed by atoms with Gasteiger partial charge in [-0.15, -0.1) is 0 Å². The van der Waals surface area contributed by atoms with Crippen LogP contribution in [0.15, 0.2) is 42.6 Å². The standard InChI is InChI=1S/C18H22N4O2/c1-24-16-4-2-3-13(11-16)9-10-19-15-7-8-17(20-12-15)22-18(23)21-14-5-6-14/h2-4,7-8,11-12,14,19H,5-6,9-10H2,1H3,(H2,20,21,22,23). The molecule has 2 amide bonds. The number of rotatable bonds is 7. The minimum Gasteiger partial charge on any atom is -0.497 e. The van der Waals surface area contributed by atoms with Crippen LogP contribution in [0.5, 0.6) is 5.75 Å². The highest BCUT2D eigenvalue weighted by molar-refractivity contribution is 5.88. The summed E-state index contributed by atoms with van der Waals surface area (Å²) in [5.74, 6) is 1.42. The average molecular weight is 326 g/mol. The van der Waals surface area contributed by atoms with Gasteiger partial charge in [-0.2, -0.15) is 0 Å². The normalized spacial score (nSPS) is 13.2. The SMILES string of the molecule is COc1cccc(CCNc2ccc(NC(=O)NC3CC3)nc2)c1. The maximum absolute atomic E-state index is 11.6. The molecule has 6 nitrogen and oxygen atoms in total. The average Bonchev–Trinajstić information content (AvgIpc) is 3.40. The Labute approximate surface area is 141 Å². The molecule has 126 valence electrons. The number of hydrogen-bond acceptors (Lipinski definition) is 4. The highest BCUT2D eigenvalue weighted by Crippen LogP contribution is 2.19. The molecule has 0 aliphatic heterocycles. The van der Waals surface area contributed by atoms with Crippen LogP contribution in [0.3, 0.4) is 0 Å². The molecule has 1 aromatic heterocycles. The topological polar surface area (TPSA) is 75.3 Å². The third-order valence-corrected chi connectivity index (χ3v) is 3.79. The summed E-state index contributed by atoms with van der Waals surface area (Å²) < 4.78 is 5.22. The predicted octanol–water partition coefficient (Wildman–Crippen LogP) is 3.03. The fraction of sp³-hybridized carbons (Fsp3) is 0.333. The first-order chi connectivity index (χ1) is 11.7. The summed E-state index contributed by atoms with van der Waals surface area (Å²) in [5.41, 5.74) is 2.14. The van der Waals surface area contributed by atoms with Crippen molar-refractivity contribution in [3.63, 3.8) is 0 Å². The zero-order valence-corrected chi connectivity index (χ0v) is 13.7. The van der Waals surface area contributed by atoms with E-state index in [-0.39, 0.29) is 6.03 Å². The van der Waals surface area contributed by atoms with Gasteiger partial charge in [0.25, 0.3) is 0 Å². The second-order valence-electron chi connectivity index (χ2n) is 5.83. The Morgan fingerprint density at radius 3 is 2.88 bits per heavy atom. The number of amides is 2. The number of carbonyl (C=O) groups excluding carboxylic acids is 1. The summed E-state index contributed by atoms with van der Waals surface area (Å²) in [5, 5.41) is 8.92. The molecule has 3 rings (SSSR count). The van der Waals surface area contributed by atoms with Gasteiger partial charge in [-0.3, -0.25) is 5.32 Å². The molecule has 1 fully saturated rings. The molecule has 1 heterocycles. The van der Waals surface area contributed by atoms with Gasteiger partial charge in [0, 0.05) is 12.6 Å². The first-order valence-electron chi connectivity index (χ1n) is 8.13. The molecular weight excluding hydrogens is 304 g/mol. The number of pyridine rings is 1. The number of benzene rings is 1. The largest absolute Gasteiger partial charge is 0.497 e. The summed E-state index contributed by atoms with van der Waals surface area (Å²) >= 11 is 0. The zero-order chi connectivity index (χ0) is 16.8. The molecular formula is C18H22N4O2. The molecule has 2 aromatic rings. The first-order valence-corrected chi connectivity index (χ1v) is 8.13. The molecule has 1 aliphatic carbocycles. The van der Waals surface area contributed by atoms with Crippen molar-refractivity contribution in [1.29, 1.82) is 0 Å². The van der Waals surface area contributed by atoms with E-state index in [4.69, 9.17) is 4.74 Å². The van der Waals surface area contributed by atoms with Crippen molar-refractivity contribution in [1.82, 2.24) is 10.3 Å². The van der Waals surface area contributed by atoms with Crippen molar-refractivity contribution < 1.29 is 9.53 Å². The Balaban J connectivity index is 1.44. The third-order valence-electron chi connectivity index (χ3n) is 3.79. The molecule has 1 aliphatic rings. The van der Waals surface area contributed by atoms with Crippen molar-refractivity contribution in [3.05, 3.63) is 48.2 Å². The molecule has 0 atom stereocenters. The summed E-state index contributed by atoms with van der Waals surface area (Å²) in [4.78, 5) is 15.9. The van der Waals surface area contributed by atoms with Gasteiger partial charge in [-0.1, -0.05) is 12.1 Å². The lowest BCUT2D eigenvalue weighted by Gasteiger charge is -2.09. The number of nitrogens with zero attached hydrogens (tertiary/aromatic N) is 1. The Morgan fingerprint density at radius 2 is 2.17 bits per heavy atom.